The summed E-state index contributed by atoms with van der Waals surface area (Å²) in [7, 11) is 1.67. The van der Waals surface area contributed by atoms with Gasteiger partial charge < -0.3 is 14.6 Å². The van der Waals surface area contributed by atoms with Crippen LogP contribution in [-0.2, 0) is 11.8 Å². The van der Waals surface area contributed by atoms with Crippen LogP contribution in [0.3, 0.4) is 0 Å². The molecule has 0 radical (unpaired) electrons. The van der Waals surface area contributed by atoms with Crippen LogP contribution in [0.5, 0.6) is 0 Å². The van der Waals surface area contributed by atoms with Crippen molar-refractivity contribution in [2.45, 2.75) is 19.4 Å². The number of anilines is 2. The van der Waals surface area contributed by atoms with E-state index in [4.69, 9.17) is 4.42 Å². The minimum Gasteiger partial charge on any atom is -0.408 e. The lowest BCUT2D eigenvalue weighted by molar-refractivity contribution is -0.117. The van der Waals surface area contributed by atoms with E-state index in [1.807, 2.05) is 43.3 Å². The fourth-order valence-corrected chi connectivity index (χ4v) is 3.22. The van der Waals surface area contributed by atoms with Crippen LogP contribution in [0, 0.1) is 6.92 Å². The average Bonchev–Trinajstić information content (AvgIpc) is 3.09. The van der Waals surface area contributed by atoms with Crippen LogP contribution in [0.4, 0.5) is 11.4 Å². The SMILES string of the molecule is Cc1ccc(N2CC[C@H](Nc3ccc4c(c3)oc(=O)n4C)C2=O)cc1. The number of aromatic nitrogens is 1. The zero-order valence-corrected chi connectivity index (χ0v) is 14.2. The maximum atomic E-state index is 12.7. The highest BCUT2D eigenvalue weighted by molar-refractivity contribution is 6.01. The van der Waals surface area contributed by atoms with Gasteiger partial charge in [-0.3, -0.25) is 9.36 Å². The first-order valence-corrected chi connectivity index (χ1v) is 8.27. The summed E-state index contributed by atoms with van der Waals surface area (Å²) in [6.45, 7) is 2.71. The van der Waals surface area contributed by atoms with E-state index >= 15 is 0 Å². The molecule has 4 rings (SSSR count). The number of nitrogens with one attached hydrogen (secondary N) is 1. The molecule has 1 aromatic heterocycles. The normalized spacial score (nSPS) is 17.4. The molecule has 0 saturated carbocycles. The van der Waals surface area contributed by atoms with E-state index in [9.17, 15) is 9.59 Å². The molecule has 3 aromatic rings. The lowest BCUT2D eigenvalue weighted by Gasteiger charge is -2.18. The van der Waals surface area contributed by atoms with Gasteiger partial charge in [-0.2, -0.15) is 0 Å². The van der Waals surface area contributed by atoms with Gasteiger partial charge in [-0.05, 0) is 37.6 Å². The second-order valence-corrected chi connectivity index (χ2v) is 6.42. The fraction of sp³-hybridized carbons (Fsp3) is 0.263. The Bertz CT molecular complexity index is 1000. The topological polar surface area (TPSA) is 67.5 Å². The smallest absolute Gasteiger partial charge is 0.408 e. The highest BCUT2D eigenvalue weighted by Gasteiger charge is 2.32. The Morgan fingerprint density at radius 2 is 1.88 bits per heavy atom. The number of amides is 1. The van der Waals surface area contributed by atoms with Gasteiger partial charge in [-0.15, -0.1) is 0 Å². The van der Waals surface area contributed by atoms with Crippen molar-refractivity contribution in [3.63, 3.8) is 0 Å². The van der Waals surface area contributed by atoms with Crippen LogP contribution in [0.25, 0.3) is 11.1 Å². The van der Waals surface area contributed by atoms with Crippen molar-refractivity contribution in [1.29, 1.82) is 0 Å². The lowest BCUT2D eigenvalue weighted by Crippen LogP contribution is -2.33. The predicted molar refractivity (Wildman–Crippen MR) is 97.0 cm³/mol. The Labute approximate surface area is 144 Å². The van der Waals surface area contributed by atoms with Gasteiger partial charge in [0, 0.05) is 31.0 Å². The summed E-state index contributed by atoms with van der Waals surface area (Å²) >= 11 is 0. The summed E-state index contributed by atoms with van der Waals surface area (Å²) in [6.07, 6.45) is 0.726. The van der Waals surface area contributed by atoms with E-state index in [1.165, 1.54) is 10.1 Å². The maximum absolute atomic E-state index is 12.7. The first-order chi connectivity index (χ1) is 12.0. The van der Waals surface area contributed by atoms with Crippen molar-refractivity contribution in [3.8, 4) is 0 Å². The zero-order chi connectivity index (χ0) is 17.6. The van der Waals surface area contributed by atoms with Gasteiger partial charge in [0.1, 0.15) is 6.04 Å². The van der Waals surface area contributed by atoms with Crippen molar-refractivity contribution < 1.29 is 9.21 Å². The number of hydrogen-bond acceptors (Lipinski definition) is 4. The third-order valence-corrected chi connectivity index (χ3v) is 4.68. The number of oxazole rings is 1. The van der Waals surface area contributed by atoms with E-state index in [2.05, 4.69) is 5.32 Å². The molecule has 1 atom stereocenters. The summed E-state index contributed by atoms with van der Waals surface area (Å²) < 4.78 is 6.66. The van der Waals surface area contributed by atoms with Gasteiger partial charge in [-0.1, -0.05) is 17.7 Å². The molecule has 1 N–H and O–H groups in total. The molecule has 1 saturated heterocycles. The van der Waals surface area contributed by atoms with Crippen LogP contribution in [0.15, 0.2) is 51.7 Å². The van der Waals surface area contributed by atoms with Crippen LogP contribution >= 0.6 is 0 Å². The standard InChI is InChI=1S/C19H19N3O3/c1-12-3-6-14(7-4-12)22-10-9-15(18(22)23)20-13-5-8-16-17(11-13)25-19(24)21(16)2/h3-8,11,15,20H,9-10H2,1-2H3/t15-/m0/s1. The first kappa shape index (κ1) is 15.5. The Balaban J connectivity index is 1.54. The van der Waals surface area contributed by atoms with E-state index < -0.39 is 5.76 Å². The average molecular weight is 337 g/mol. The van der Waals surface area contributed by atoms with Crippen LogP contribution < -0.4 is 16.0 Å². The molecule has 2 aromatic carbocycles. The third-order valence-electron chi connectivity index (χ3n) is 4.68. The van der Waals surface area contributed by atoms with Gasteiger partial charge in [-0.25, -0.2) is 4.79 Å². The Morgan fingerprint density at radius 1 is 1.12 bits per heavy atom. The number of carbonyl (C=O) groups is 1. The molecule has 1 fully saturated rings. The van der Waals surface area contributed by atoms with Gasteiger partial charge >= 0.3 is 5.76 Å². The van der Waals surface area contributed by atoms with Crippen LogP contribution in [0.2, 0.25) is 0 Å². The number of fused-ring (bicyclic) bond motifs is 1. The van der Waals surface area contributed by atoms with Crippen molar-refractivity contribution in [1.82, 2.24) is 4.57 Å². The first-order valence-electron chi connectivity index (χ1n) is 8.27. The number of rotatable bonds is 3. The van der Waals surface area contributed by atoms with Crippen molar-refractivity contribution in [3.05, 3.63) is 58.6 Å². The molecule has 0 unspecified atom stereocenters. The highest BCUT2D eigenvalue weighted by atomic mass is 16.4. The highest BCUT2D eigenvalue weighted by Crippen LogP contribution is 2.25. The van der Waals surface area contributed by atoms with Gasteiger partial charge in [0.25, 0.3) is 0 Å². The summed E-state index contributed by atoms with van der Waals surface area (Å²) in [4.78, 5) is 26.1. The molecular weight excluding hydrogens is 318 g/mol. The van der Waals surface area contributed by atoms with E-state index in [1.54, 1.807) is 18.0 Å². The van der Waals surface area contributed by atoms with Crippen molar-refractivity contribution in [2.75, 3.05) is 16.8 Å². The number of hydrogen-bond donors (Lipinski definition) is 1. The lowest BCUT2D eigenvalue weighted by atomic mass is 10.2. The second-order valence-electron chi connectivity index (χ2n) is 6.42. The molecule has 25 heavy (non-hydrogen) atoms. The van der Waals surface area contributed by atoms with Crippen molar-refractivity contribution >= 4 is 28.4 Å². The minimum atomic E-state index is -0.394. The monoisotopic (exact) mass is 337 g/mol. The quantitative estimate of drug-likeness (QED) is 0.798. The third kappa shape index (κ3) is 2.69. The number of carbonyl (C=O) groups excluding carboxylic acids is 1. The molecule has 2 heterocycles. The van der Waals surface area contributed by atoms with Crippen LogP contribution in [0.1, 0.15) is 12.0 Å². The van der Waals surface area contributed by atoms with Crippen molar-refractivity contribution in [2.24, 2.45) is 7.05 Å². The van der Waals surface area contributed by atoms with Gasteiger partial charge in [0.05, 0.1) is 5.52 Å². The molecular formula is C19H19N3O3. The second kappa shape index (κ2) is 5.81. The summed E-state index contributed by atoms with van der Waals surface area (Å²) in [6, 6.07) is 13.1. The fourth-order valence-electron chi connectivity index (χ4n) is 3.22. The number of benzene rings is 2. The minimum absolute atomic E-state index is 0.0541. The Hall–Kier alpha value is -3.02. The zero-order valence-electron chi connectivity index (χ0n) is 14.2. The predicted octanol–water partition coefficient (Wildman–Crippen LogP) is 2.66. The van der Waals surface area contributed by atoms with E-state index in [0.29, 0.717) is 12.1 Å². The van der Waals surface area contributed by atoms with Gasteiger partial charge in [0.15, 0.2) is 5.58 Å². The molecule has 6 nitrogen and oxygen atoms in total. The summed E-state index contributed by atoms with van der Waals surface area (Å²) in [5, 5.41) is 3.26. The molecule has 1 aliphatic heterocycles. The summed E-state index contributed by atoms with van der Waals surface area (Å²) in [5.74, 6) is -0.340. The maximum Gasteiger partial charge on any atom is 0.419 e. The van der Waals surface area contributed by atoms with E-state index in [-0.39, 0.29) is 11.9 Å². The number of aryl methyl sites for hydroxylation is 2. The Morgan fingerprint density at radius 3 is 2.64 bits per heavy atom. The summed E-state index contributed by atoms with van der Waals surface area (Å²) in [5.41, 5.74) is 4.10. The molecule has 6 heteroatoms. The molecule has 0 aliphatic carbocycles. The van der Waals surface area contributed by atoms with Crippen LogP contribution in [-0.4, -0.2) is 23.1 Å². The van der Waals surface area contributed by atoms with E-state index in [0.717, 1.165) is 23.3 Å². The molecule has 0 spiro atoms. The molecule has 1 aliphatic rings. The van der Waals surface area contributed by atoms with Gasteiger partial charge in [0.2, 0.25) is 5.91 Å². The molecule has 0 bridgehead atoms. The molecule has 1 amide bonds. The molecule has 128 valence electrons. The Kier molecular flexibility index (Phi) is 3.60. The largest absolute Gasteiger partial charge is 0.419 e. The number of nitrogens with zero attached hydrogens (tertiary/aromatic N) is 2.